The predicted octanol–water partition coefficient (Wildman–Crippen LogP) is 5.17. The van der Waals surface area contributed by atoms with Crippen LogP contribution in [0.1, 0.15) is 85.0 Å². The number of hydrogen-bond acceptors (Lipinski definition) is 1. The fourth-order valence-corrected chi connectivity index (χ4v) is 2.42. The molecule has 0 aliphatic heterocycles. The van der Waals surface area contributed by atoms with E-state index in [-0.39, 0.29) is 0 Å². The van der Waals surface area contributed by atoms with Crippen LogP contribution >= 0.6 is 0 Å². The molecule has 0 saturated heterocycles. The van der Waals surface area contributed by atoms with Crippen molar-refractivity contribution in [2.45, 2.75) is 85.0 Å². The highest BCUT2D eigenvalue weighted by atomic mass is 16.3. The minimum absolute atomic E-state index is 0.356. The second-order valence-corrected chi connectivity index (χ2v) is 5.88. The summed E-state index contributed by atoms with van der Waals surface area (Å²) >= 11 is 0. The fourth-order valence-electron chi connectivity index (χ4n) is 2.42. The number of aliphatic hydroxyl groups excluding tert-OH is 1. The lowest BCUT2D eigenvalue weighted by Gasteiger charge is -2.09. The van der Waals surface area contributed by atoms with Crippen molar-refractivity contribution in [2.24, 2.45) is 11.8 Å². The summed E-state index contributed by atoms with van der Waals surface area (Å²) in [5, 5.41) is 8.90. The average molecular weight is 242 g/mol. The summed E-state index contributed by atoms with van der Waals surface area (Å²) in [6, 6.07) is 0. The van der Waals surface area contributed by atoms with Gasteiger partial charge in [-0.25, -0.2) is 0 Å². The molecule has 17 heavy (non-hydrogen) atoms. The highest BCUT2D eigenvalue weighted by Crippen LogP contribution is 2.16. The Bertz CT molecular complexity index is 144. The Morgan fingerprint density at radius 1 is 0.706 bits per heavy atom. The zero-order valence-corrected chi connectivity index (χ0v) is 12.4. The zero-order chi connectivity index (χ0) is 12.9. The second kappa shape index (κ2) is 12.4. The molecule has 0 aromatic rings. The molecule has 0 aromatic carbocycles. The van der Waals surface area contributed by atoms with Gasteiger partial charge in [-0.3, -0.25) is 0 Å². The molecule has 0 heterocycles. The van der Waals surface area contributed by atoms with Gasteiger partial charge in [0.15, 0.2) is 0 Å². The van der Waals surface area contributed by atoms with Gasteiger partial charge in [-0.2, -0.15) is 0 Å². The number of hydrogen-bond donors (Lipinski definition) is 1. The minimum atomic E-state index is 0.356. The normalized spacial score (nSPS) is 14.8. The topological polar surface area (TPSA) is 20.2 Å². The summed E-state index contributed by atoms with van der Waals surface area (Å²) in [6.45, 7) is 7.16. The van der Waals surface area contributed by atoms with E-state index in [1.165, 1.54) is 64.2 Å². The lowest BCUT2D eigenvalue weighted by Crippen LogP contribution is -1.99. The van der Waals surface area contributed by atoms with E-state index >= 15 is 0 Å². The van der Waals surface area contributed by atoms with Gasteiger partial charge in [0.2, 0.25) is 0 Å². The maximum atomic E-state index is 8.90. The Balaban J connectivity index is 3.08. The smallest absolute Gasteiger partial charge is 0.0456 e. The predicted molar refractivity (Wildman–Crippen MR) is 77.3 cm³/mol. The van der Waals surface area contributed by atoms with E-state index in [1.807, 2.05) is 0 Å². The Morgan fingerprint density at radius 2 is 1.18 bits per heavy atom. The van der Waals surface area contributed by atoms with Crippen LogP contribution in [0.15, 0.2) is 0 Å². The van der Waals surface area contributed by atoms with Gasteiger partial charge in [0.05, 0.1) is 0 Å². The SMILES string of the molecule is CCCC(C)CCCCCCCCC(C)CO. The van der Waals surface area contributed by atoms with E-state index in [0.717, 1.165) is 5.92 Å². The maximum Gasteiger partial charge on any atom is 0.0456 e. The van der Waals surface area contributed by atoms with Gasteiger partial charge in [0, 0.05) is 6.61 Å². The average Bonchev–Trinajstić information content (AvgIpc) is 2.32. The Morgan fingerprint density at radius 3 is 1.65 bits per heavy atom. The quantitative estimate of drug-likeness (QED) is 0.468. The summed E-state index contributed by atoms with van der Waals surface area (Å²) in [7, 11) is 0. The Kier molecular flexibility index (Phi) is 12.4. The molecule has 1 N–H and O–H groups in total. The monoisotopic (exact) mass is 242 g/mol. The molecule has 0 spiro atoms. The van der Waals surface area contributed by atoms with Crippen molar-refractivity contribution >= 4 is 0 Å². The first kappa shape index (κ1) is 17.0. The van der Waals surface area contributed by atoms with Crippen LogP contribution in [0.4, 0.5) is 0 Å². The van der Waals surface area contributed by atoms with Gasteiger partial charge >= 0.3 is 0 Å². The summed E-state index contributed by atoms with van der Waals surface area (Å²) in [4.78, 5) is 0. The summed E-state index contributed by atoms with van der Waals surface area (Å²) in [6.07, 6.45) is 13.7. The molecule has 0 aliphatic rings. The van der Waals surface area contributed by atoms with E-state index in [1.54, 1.807) is 0 Å². The van der Waals surface area contributed by atoms with E-state index in [9.17, 15) is 0 Å². The van der Waals surface area contributed by atoms with Crippen LogP contribution in [-0.2, 0) is 0 Å². The number of aliphatic hydroxyl groups is 1. The standard InChI is InChI=1S/C16H34O/c1-4-11-15(2)12-9-7-5-6-8-10-13-16(3)14-17/h15-17H,4-14H2,1-3H3. The lowest BCUT2D eigenvalue weighted by molar-refractivity contribution is 0.227. The van der Waals surface area contributed by atoms with Crippen molar-refractivity contribution in [3.63, 3.8) is 0 Å². The van der Waals surface area contributed by atoms with Crippen LogP contribution in [0, 0.1) is 11.8 Å². The molecule has 0 aliphatic carbocycles. The van der Waals surface area contributed by atoms with Crippen LogP contribution in [0.3, 0.4) is 0 Å². The number of unbranched alkanes of at least 4 members (excludes halogenated alkanes) is 5. The van der Waals surface area contributed by atoms with Gasteiger partial charge in [0.1, 0.15) is 0 Å². The first-order valence-electron chi connectivity index (χ1n) is 7.81. The highest BCUT2D eigenvalue weighted by molar-refractivity contribution is 4.54. The first-order chi connectivity index (χ1) is 8.20. The van der Waals surface area contributed by atoms with Gasteiger partial charge in [-0.15, -0.1) is 0 Å². The Labute approximate surface area is 109 Å². The molecule has 0 radical (unpaired) electrons. The lowest BCUT2D eigenvalue weighted by atomic mass is 9.97. The highest BCUT2D eigenvalue weighted by Gasteiger charge is 2.01. The summed E-state index contributed by atoms with van der Waals surface area (Å²) in [5.74, 6) is 1.44. The van der Waals surface area contributed by atoms with Gasteiger partial charge in [0.25, 0.3) is 0 Å². The van der Waals surface area contributed by atoms with Crippen LogP contribution in [0.5, 0.6) is 0 Å². The van der Waals surface area contributed by atoms with E-state index < -0.39 is 0 Å². The van der Waals surface area contributed by atoms with Crippen molar-refractivity contribution in [3.8, 4) is 0 Å². The fraction of sp³-hybridized carbons (Fsp3) is 1.00. The summed E-state index contributed by atoms with van der Waals surface area (Å²) < 4.78 is 0. The van der Waals surface area contributed by atoms with Crippen molar-refractivity contribution in [1.82, 2.24) is 0 Å². The van der Waals surface area contributed by atoms with Crippen molar-refractivity contribution < 1.29 is 5.11 Å². The molecule has 2 atom stereocenters. The molecule has 104 valence electrons. The molecule has 0 aromatic heterocycles. The molecule has 1 heteroatoms. The summed E-state index contributed by atoms with van der Waals surface area (Å²) in [5.41, 5.74) is 0. The maximum absolute atomic E-state index is 8.90. The second-order valence-electron chi connectivity index (χ2n) is 5.88. The number of rotatable bonds is 12. The third kappa shape index (κ3) is 12.2. The molecule has 0 amide bonds. The zero-order valence-electron chi connectivity index (χ0n) is 12.4. The van der Waals surface area contributed by atoms with Crippen LogP contribution < -0.4 is 0 Å². The molecular formula is C16H34O. The first-order valence-corrected chi connectivity index (χ1v) is 7.81. The van der Waals surface area contributed by atoms with Crippen LogP contribution in [0.2, 0.25) is 0 Å². The Hall–Kier alpha value is -0.0400. The molecule has 2 unspecified atom stereocenters. The van der Waals surface area contributed by atoms with Gasteiger partial charge < -0.3 is 5.11 Å². The van der Waals surface area contributed by atoms with Crippen molar-refractivity contribution in [1.29, 1.82) is 0 Å². The van der Waals surface area contributed by atoms with E-state index in [0.29, 0.717) is 12.5 Å². The third-order valence-corrected chi connectivity index (χ3v) is 3.74. The van der Waals surface area contributed by atoms with E-state index in [4.69, 9.17) is 5.11 Å². The van der Waals surface area contributed by atoms with Gasteiger partial charge in [-0.1, -0.05) is 78.6 Å². The largest absolute Gasteiger partial charge is 0.396 e. The van der Waals surface area contributed by atoms with Crippen LogP contribution in [-0.4, -0.2) is 11.7 Å². The third-order valence-electron chi connectivity index (χ3n) is 3.74. The van der Waals surface area contributed by atoms with Gasteiger partial charge in [-0.05, 0) is 18.3 Å². The molecule has 0 saturated carbocycles. The van der Waals surface area contributed by atoms with Crippen LogP contribution in [0.25, 0.3) is 0 Å². The molecule has 0 fully saturated rings. The molecule has 0 bridgehead atoms. The molecule has 0 rings (SSSR count). The van der Waals surface area contributed by atoms with Crippen molar-refractivity contribution in [2.75, 3.05) is 6.61 Å². The minimum Gasteiger partial charge on any atom is -0.396 e. The van der Waals surface area contributed by atoms with E-state index in [2.05, 4.69) is 20.8 Å². The molecular weight excluding hydrogens is 208 g/mol. The molecule has 1 nitrogen and oxygen atoms in total. The van der Waals surface area contributed by atoms with Crippen molar-refractivity contribution in [3.05, 3.63) is 0 Å².